The van der Waals surface area contributed by atoms with E-state index in [1.54, 1.807) is 0 Å². The summed E-state index contributed by atoms with van der Waals surface area (Å²) >= 11 is 0. The molecule has 2 aromatic rings. The number of halogens is 1. The largest absolute Gasteiger partial charge is 0.369 e. The molecule has 21 heavy (non-hydrogen) atoms. The van der Waals surface area contributed by atoms with Crippen LogP contribution in [-0.4, -0.2) is 22.4 Å². The van der Waals surface area contributed by atoms with Crippen LogP contribution in [0.1, 0.15) is 30.3 Å². The Morgan fingerprint density at radius 2 is 1.95 bits per heavy atom. The second-order valence-corrected chi connectivity index (χ2v) is 4.53. The van der Waals surface area contributed by atoms with Crippen LogP contribution in [0.3, 0.4) is 0 Å². The Labute approximate surface area is 122 Å². The minimum atomic E-state index is -0.380. The highest BCUT2D eigenvalue weighted by Crippen LogP contribution is 2.10. The van der Waals surface area contributed by atoms with Gasteiger partial charge < -0.3 is 10.6 Å². The molecule has 0 fully saturated rings. The first-order valence-corrected chi connectivity index (χ1v) is 6.82. The summed E-state index contributed by atoms with van der Waals surface area (Å²) in [7, 11) is 0. The minimum absolute atomic E-state index is 0.209. The fourth-order valence-corrected chi connectivity index (χ4v) is 1.66. The molecular weight excluding hydrogens is 271 g/mol. The zero-order valence-corrected chi connectivity index (χ0v) is 11.8. The molecule has 2 rings (SSSR count). The Kier molecular flexibility index (Phi) is 5.20. The molecule has 5 nitrogen and oxygen atoms in total. The molecule has 0 spiro atoms. The lowest BCUT2D eigenvalue weighted by molar-refractivity contribution is 0.102. The summed E-state index contributed by atoms with van der Waals surface area (Å²) in [5.41, 5.74) is 0.716. The van der Waals surface area contributed by atoms with E-state index in [0.717, 1.165) is 19.4 Å². The fraction of sp³-hybridized carbons (Fsp3) is 0.267. The summed E-state index contributed by atoms with van der Waals surface area (Å²) in [6.07, 6.45) is 5.08. The number of benzene rings is 1. The third-order valence-corrected chi connectivity index (χ3v) is 2.82. The van der Waals surface area contributed by atoms with Gasteiger partial charge in [0, 0.05) is 12.2 Å². The van der Waals surface area contributed by atoms with Crippen molar-refractivity contribution in [2.45, 2.75) is 19.8 Å². The topological polar surface area (TPSA) is 66.9 Å². The lowest BCUT2D eigenvalue weighted by Crippen LogP contribution is -2.14. The van der Waals surface area contributed by atoms with Gasteiger partial charge in [0.15, 0.2) is 0 Å². The molecule has 0 aliphatic carbocycles. The molecule has 0 bridgehead atoms. The van der Waals surface area contributed by atoms with E-state index in [4.69, 9.17) is 0 Å². The van der Waals surface area contributed by atoms with Gasteiger partial charge in [-0.2, -0.15) is 0 Å². The summed E-state index contributed by atoms with van der Waals surface area (Å²) in [6.45, 7) is 2.93. The van der Waals surface area contributed by atoms with Gasteiger partial charge in [-0.15, -0.1) is 0 Å². The molecule has 6 heteroatoms. The van der Waals surface area contributed by atoms with Gasteiger partial charge >= 0.3 is 0 Å². The average molecular weight is 288 g/mol. The molecule has 1 heterocycles. The van der Waals surface area contributed by atoms with Crippen molar-refractivity contribution in [1.82, 2.24) is 9.97 Å². The second-order valence-electron chi connectivity index (χ2n) is 4.53. The summed E-state index contributed by atoms with van der Waals surface area (Å²) in [6, 6.07) is 5.53. The van der Waals surface area contributed by atoms with Gasteiger partial charge in [-0.1, -0.05) is 13.3 Å². The predicted molar refractivity (Wildman–Crippen MR) is 79.8 cm³/mol. The monoisotopic (exact) mass is 288 g/mol. The smallest absolute Gasteiger partial charge is 0.275 e. The van der Waals surface area contributed by atoms with E-state index in [9.17, 15) is 9.18 Å². The van der Waals surface area contributed by atoms with E-state index in [0.29, 0.717) is 11.5 Å². The predicted octanol–water partition coefficient (Wildman–Crippen LogP) is 3.08. The van der Waals surface area contributed by atoms with Gasteiger partial charge in [0.05, 0.1) is 12.4 Å². The highest BCUT2D eigenvalue weighted by molar-refractivity contribution is 6.02. The number of hydrogen-bond donors (Lipinski definition) is 2. The van der Waals surface area contributed by atoms with Crippen LogP contribution < -0.4 is 10.6 Å². The van der Waals surface area contributed by atoms with Gasteiger partial charge in [-0.05, 0) is 30.7 Å². The molecule has 1 amide bonds. The number of amides is 1. The van der Waals surface area contributed by atoms with Gasteiger partial charge in [0.1, 0.15) is 17.3 Å². The van der Waals surface area contributed by atoms with Crippen LogP contribution in [0.2, 0.25) is 0 Å². The van der Waals surface area contributed by atoms with Crippen molar-refractivity contribution in [1.29, 1.82) is 0 Å². The Hall–Kier alpha value is -2.50. The summed E-state index contributed by atoms with van der Waals surface area (Å²) in [4.78, 5) is 20.1. The van der Waals surface area contributed by atoms with Crippen molar-refractivity contribution in [3.63, 3.8) is 0 Å². The van der Waals surface area contributed by atoms with E-state index in [1.165, 1.54) is 36.7 Å². The first-order chi connectivity index (χ1) is 10.2. The van der Waals surface area contributed by atoms with E-state index in [-0.39, 0.29) is 17.4 Å². The first-order valence-electron chi connectivity index (χ1n) is 6.82. The normalized spacial score (nSPS) is 10.2. The van der Waals surface area contributed by atoms with E-state index < -0.39 is 0 Å². The SMILES string of the molecule is CCCCNc1cnc(C(=O)Nc2ccc(F)cc2)cn1. The number of anilines is 2. The Morgan fingerprint density at radius 3 is 2.57 bits per heavy atom. The lowest BCUT2D eigenvalue weighted by atomic mass is 10.3. The number of carbonyl (C=O) groups excluding carboxylic acids is 1. The first kappa shape index (κ1) is 14.9. The van der Waals surface area contributed by atoms with Crippen LogP contribution in [0, 0.1) is 5.82 Å². The number of unbranched alkanes of at least 4 members (excludes halogenated alkanes) is 1. The van der Waals surface area contributed by atoms with Crippen molar-refractivity contribution in [2.75, 3.05) is 17.2 Å². The zero-order valence-electron chi connectivity index (χ0n) is 11.8. The van der Waals surface area contributed by atoms with E-state index in [2.05, 4.69) is 27.5 Å². The molecule has 2 N–H and O–H groups in total. The molecule has 1 aromatic carbocycles. The van der Waals surface area contributed by atoms with E-state index in [1.807, 2.05) is 0 Å². The lowest BCUT2D eigenvalue weighted by Gasteiger charge is -2.06. The standard InChI is InChI=1S/C15H17FN4O/c1-2-3-8-17-14-10-18-13(9-19-14)15(21)20-12-6-4-11(16)5-7-12/h4-7,9-10H,2-3,8H2,1H3,(H,17,19)(H,20,21). The van der Waals surface area contributed by atoms with Crippen LogP contribution in [0.4, 0.5) is 15.9 Å². The number of rotatable bonds is 6. The van der Waals surface area contributed by atoms with Crippen molar-refractivity contribution < 1.29 is 9.18 Å². The summed E-state index contributed by atoms with van der Waals surface area (Å²) < 4.78 is 12.8. The molecular formula is C15H17FN4O. The molecule has 0 aliphatic rings. The van der Waals surface area contributed by atoms with E-state index >= 15 is 0 Å². The maximum absolute atomic E-state index is 12.8. The molecule has 110 valence electrons. The van der Waals surface area contributed by atoms with Gasteiger partial charge in [-0.25, -0.2) is 14.4 Å². The maximum atomic E-state index is 12.8. The van der Waals surface area contributed by atoms with Gasteiger partial charge in [0.25, 0.3) is 5.91 Å². The van der Waals surface area contributed by atoms with Crippen molar-refractivity contribution in [3.8, 4) is 0 Å². The number of nitrogens with one attached hydrogen (secondary N) is 2. The quantitative estimate of drug-likeness (QED) is 0.802. The van der Waals surface area contributed by atoms with Gasteiger partial charge in [0.2, 0.25) is 0 Å². The summed E-state index contributed by atoms with van der Waals surface area (Å²) in [5, 5.41) is 5.75. The van der Waals surface area contributed by atoms with Crippen LogP contribution in [0.25, 0.3) is 0 Å². The molecule has 0 radical (unpaired) electrons. The second kappa shape index (κ2) is 7.33. The van der Waals surface area contributed by atoms with Crippen LogP contribution in [-0.2, 0) is 0 Å². The van der Waals surface area contributed by atoms with Crippen molar-refractivity contribution in [2.24, 2.45) is 0 Å². The molecule has 0 aliphatic heterocycles. The molecule has 0 saturated heterocycles. The Bertz CT molecular complexity index is 584. The third kappa shape index (κ3) is 4.52. The maximum Gasteiger partial charge on any atom is 0.275 e. The van der Waals surface area contributed by atoms with Crippen molar-refractivity contribution >= 4 is 17.4 Å². The zero-order chi connectivity index (χ0) is 15.1. The van der Waals surface area contributed by atoms with Crippen molar-refractivity contribution in [3.05, 3.63) is 48.2 Å². The highest BCUT2D eigenvalue weighted by atomic mass is 19.1. The number of nitrogens with zero attached hydrogens (tertiary/aromatic N) is 2. The number of hydrogen-bond acceptors (Lipinski definition) is 4. The average Bonchev–Trinajstić information content (AvgIpc) is 2.50. The fourth-order valence-electron chi connectivity index (χ4n) is 1.66. The van der Waals surface area contributed by atoms with Crippen LogP contribution >= 0.6 is 0 Å². The minimum Gasteiger partial charge on any atom is -0.369 e. The van der Waals surface area contributed by atoms with Crippen LogP contribution in [0.5, 0.6) is 0 Å². The number of carbonyl (C=O) groups is 1. The molecule has 0 saturated carbocycles. The Morgan fingerprint density at radius 1 is 1.19 bits per heavy atom. The third-order valence-electron chi connectivity index (χ3n) is 2.82. The summed E-state index contributed by atoms with van der Waals surface area (Å²) in [5.74, 6) is -0.0914. The molecule has 1 aromatic heterocycles. The Balaban J connectivity index is 1.94. The number of aromatic nitrogens is 2. The van der Waals surface area contributed by atoms with Crippen LogP contribution in [0.15, 0.2) is 36.7 Å². The molecule has 0 unspecified atom stereocenters. The van der Waals surface area contributed by atoms with Gasteiger partial charge in [-0.3, -0.25) is 4.79 Å². The molecule has 0 atom stereocenters. The highest BCUT2D eigenvalue weighted by Gasteiger charge is 2.08.